The van der Waals surface area contributed by atoms with E-state index in [1.807, 2.05) is 41.3 Å². The number of amides is 1. The summed E-state index contributed by atoms with van der Waals surface area (Å²) < 4.78 is 17.2. The molecule has 0 fully saturated rings. The van der Waals surface area contributed by atoms with Gasteiger partial charge in [-0.3, -0.25) is 4.79 Å². The first-order valence-corrected chi connectivity index (χ1v) is 13.6. The molecule has 6 heteroatoms. The Morgan fingerprint density at radius 1 is 0.744 bits per heavy atom. The predicted octanol–water partition coefficient (Wildman–Crippen LogP) is 5.33. The van der Waals surface area contributed by atoms with Gasteiger partial charge in [0.15, 0.2) is 11.5 Å². The SMILES string of the molecule is O=C1N(CCCNCCc2ccc(-c3ccccc3)cc2)c2ccccc2C12COc1cc3c(cc12)OCO3. The zero-order valence-electron chi connectivity index (χ0n) is 21.7. The number of para-hydroxylation sites is 1. The van der Waals surface area contributed by atoms with Crippen LogP contribution in [0.1, 0.15) is 23.1 Å². The van der Waals surface area contributed by atoms with Crippen LogP contribution in [-0.4, -0.2) is 38.9 Å². The minimum absolute atomic E-state index is 0.0693. The third-order valence-corrected chi connectivity index (χ3v) is 8.03. The van der Waals surface area contributed by atoms with Crippen molar-refractivity contribution in [2.24, 2.45) is 0 Å². The van der Waals surface area contributed by atoms with E-state index in [1.54, 1.807) is 0 Å². The normalized spacial score (nSPS) is 18.4. The number of hydrogen-bond donors (Lipinski definition) is 1. The van der Waals surface area contributed by atoms with Gasteiger partial charge in [0.2, 0.25) is 12.7 Å². The number of hydrogen-bond acceptors (Lipinski definition) is 5. The number of benzene rings is 4. The molecule has 0 saturated carbocycles. The van der Waals surface area contributed by atoms with Gasteiger partial charge in [0.25, 0.3) is 0 Å². The molecule has 3 aliphatic rings. The van der Waals surface area contributed by atoms with Gasteiger partial charge >= 0.3 is 0 Å². The number of rotatable bonds is 8. The van der Waals surface area contributed by atoms with Gasteiger partial charge in [-0.25, -0.2) is 0 Å². The fourth-order valence-electron chi connectivity index (χ4n) is 6.00. The highest BCUT2D eigenvalue weighted by molar-refractivity contribution is 6.11. The number of carbonyl (C=O) groups is 1. The van der Waals surface area contributed by atoms with Gasteiger partial charge in [-0.1, -0.05) is 72.8 Å². The number of nitrogens with one attached hydrogen (secondary N) is 1. The van der Waals surface area contributed by atoms with Crippen LogP contribution in [0.25, 0.3) is 11.1 Å². The first kappa shape index (κ1) is 23.8. The molecule has 0 aliphatic carbocycles. The predicted molar refractivity (Wildman–Crippen MR) is 151 cm³/mol. The van der Waals surface area contributed by atoms with Crippen molar-refractivity contribution >= 4 is 11.6 Å². The molecule has 4 aromatic rings. The van der Waals surface area contributed by atoms with Crippen LogP contribution in [0.3, 0.4) is 0 Å². The lowest BCUT2D eigenvalue weighted by Crippen LogP contribution is -2.43. The van der Waals surface area contributed by atoms with E-state index in [-0.39, 0.29) is 12.7 Å². The zero-order chi connectivity index (χ0) is 26.2. The molecule has 0 aromatic heterocycles. The molecule has 1 N–H and O–H groups in total. The highest BCUT2D eigenvalue weighted by Crippen LogP contribution is 2.54. The highest BCUT2D eigenvalue weighted by Gasteiger charge is 2.57. The van der Waals surface area contributed by atoms with Gasteiger partial charge in [0, 0.05) is 23.9 Å². The van der Waals surface area contributed by atoms with E-state index >= 15 is 0 Å². The van der Waals surface area contributed by atoms with Gasteiger partial charge in [-0.15, -0.1) is 0 Å². The molecular weight excluding hydrogens is 488 g/mol. The second kappa shape index (κ2) is 9.79. The Morgan fingerprint density at radius 2 is 1.49 bits per heavy atom. The standard InChI is InChI=1S/C33H30N2O4/c36-32-33(21-37-29-20-31-30(19-27(29)33)38-22-39-31)26-9-4-5-10-28(26)35(32)18-6-16-34-17-15-23-11-13-25(14-12-23)24-7-2-1-3-8-24/h1-5,7-14,19-20,34H,6,15-18,21-22H2. The molecule has 1 spiro atoms. The van der Waals surface area contributed by atoms with Crippen molar-refractivity contribution in [1.82, 2.24) is 5.32 Å². The van der Waals surface area contributed by atoms with E-state index in [1.165, 1.54) is 16.7 Å². The average Bonchev–Trinajstić information content (AvgIpc) is 3.66. The van der Waals surface area contributed by atoms with Gasteiger partial charge < -0.3 is 24.4 Å². The van der Waals surface area contributed by atoms with Crippen LogP contribution in [0.2, 0.25) is 0 Å². The smallest absolute Gasteiger partial charge is 0.245 e. The first-order chi connectivity index (χ1) is 19.2. The quantitative estimate of drug-likeness (QED) is 0.320. The molecule has 1 unspecified atom stereocenters. The van der Waals surface area contributed by atoms with E-state index in [9.17, 15) is 4.79 Å². The molecule has 7 rings (SSSR count). The topological polar surface area (TPSA) is 60.0 Å². The van der Waals surface area contributed by atoms with Crippen LogP contribution in [0.4, 0.5) is 5.69 Å². The Hall–Kier alpha value is -4.29. The van der Waals surface area contributed by atoms with Gasteiger partial charge in [0.05, 0.1) is 0 Å². The molecule has 3 heterocycles. The lowest BCUT2D eigenvalue weighted by molar-refractivity contribution is -0.122. The number of anilines is 1. The summed E-state index contributed by atoms with van der Waals surface area (Å²) in [6.07, 6.45) is 1.83. The minimum atomic E-state index is -0.841. The summed E-state index contributed by atoms with van der Waals surface area (Å²) in [7, 11) is 0. The van der Waals surface area contributed by atoms with Crippen LogP contribution in [0, 0.1) is 0 Å². The molecule has 0 bridgehead atoms. The summed E-state index contributed by atoms with van der Waals surface area (Å²) in [5.41, 5.74) is 5.78. The molecule has 0 saturated heterocycles. The number of ether oxygens (including phenoxy) is 3. The fourth-order valence-corrected chi connectivity index (χ4v) is 6.00. The van der Waals surface area contributed by atoms with Crippen molar-refractivity contribution < 1.29 is 19.0 Å². The molecule has 0 radical (unpaired) electrons. The largest absolute Gasteiger partial charge is 0.491 e. The van der Waals surface area contributed by atoms with Crippen molar-refractivity contribution in [1.29, 1.82) is 0 Å². The lowest BCUT2D eigenvalue weighted by atomic mass is 9.77. The number of fused-ring (bicyclic) bond motifs is 5. The van der Waals surface area contributed by atoms with Crippen LogP contribution in [-0.2, 0) is 16.6 Å². The zero-order valence-corrected chi connectivity index (χ0v) is 21.7. The lowest BCUT2D eigenvalue weighted by Gasteiger charge is -2.23. The summed E-state index contributed by atoms with van der Waals surface area (Å²) >= 11 is 0. The van der Waals surface area contributed by atoms with Crippen molar-refractivity contribution in [3.63, 3.8) is 0 Å². The van der Waals surface area contributed by atoms with Crippen molar-refractivity contribution in [3.8, 4) is 28.4 Å². The maximum atomic E-state index is 14.0. The first-order valence-electron chi connectivity index (χ1n) is 13.6. The second-order valence-corrected chi connectivity index (χ2v) is 10.3. The van der Waals surface area contributed by atoms with Crippen molar-refractivity contribution in [3.05, 3.63) is 108 Å². The van der Waals surface area contributed by atoms with E-state index in [0.29, 0.717) is 30.4 Å². The summed E-state index contributed by atoms with van der Waals surface area (Å²) in [5, 5.41) is 3.55. The van der Waals surface area contributed by atoms with Crippen LogP contribution in [0.5, 0.6) is 17.2 Å². The Labute approximate surface area is 228 Å². The van der Waals surface area contributed by atoms with Crippen molar-refractivity contribution in [2.75, 3.05) is 37.9 Å². The molecule has 196 valence electrons. The second-order valence-electron chi connectivity index (χ2n) is 10.3. The third-order valence-electron chi connectivity index (χ3n) is 8.03. The Morgan fingerprint density at radius 3 is 2.33 bits per heavy atom. The maximum absolute atomic E-state index is 14.0. The Bertz CT molecular complexity index is 1520. The van der Waals surface area contributed by atoms with Crippen LogP contribution < -0.4 is 24.4 Å². The van der Waals surface area contributed by atoms with E-state index in [2.05, 4.69) is 59.9 Å². The van der Waals surface area contributed by atoms with Crippen molar-refractivity contribution in [2.45, 2.75) is 18.3 Å². The summed E-state index contributed by atoms with van der Waals surface area (Å²) in [6, 6.07) is 31.1. The number of nitrogens with zero attached hydrogens (tertiary/aromatic N) is 1. The highest BCUT2D eigenvalue weighted by atomic mass is 16.7. The van der Waals surface area contributed by atoms with Crippen LogP contribution >= 0.6 is 0 Å². The van der Waals surface area contributed by atoms with Gasteiger partial charge in [-0.2, -0.15) is 0 Å². The van der Waals surface area contributed by atoms with Gasteiger partial charge in [0.1, 0.15) is 17.8 Å². The molecule has 1 atom stereocenters. The van der Waals surface area contributed by atoms with E-state index < -0.39 is 5.41 Å². The Balaban J connectivity index is 0.980. The number of carbonyl (C=O) groups excluding carboxylic acids is 1. The molecule has 1 amide bonds. The average molecular weight is 519 g/mol. The van der Waals surface area contributed by atoms with Crippen LogP contribution in [0.15, 0.2) is 91.0 Å². The summed E-state index contributed by atoms with van der Waals surface area (Å²) in [5.74, 6) is 2.10. The summed E-state index contributed by atoms with van der Waals surface area (Å²) in [6.45, 7) is 2.86. The maximum Gasteiger partial charge on any atom is 0.245 e. The van der Waals surface area contributed by atoms with E-state index in [0.717, 1.165) is 42.7 Å². The monoisotopic (exact) mass is 518 g/mol. The van der Waals surface area contributed by atoms with Gasteiger partial charge in [-0.05, 0) is 60.3 Å². The molecule has 39 heavy (non-hydrogen) atoms. The van der Waals surface area contributed by atoms with E-state index in [4.69, 9.17) is 14.2 Å². The fraction of sp³-hybridized carbons (Fsp3) is 0.242. The molecular formula is C33H30N2O4. The summed E-state index contributed by atoms with van der Waals surface area (Å²) in [4.78, 5) is 16.0. The minimum Gasteiger partial charge on any atom is -0.491 e. The Kier molecular flexibility index (Phi) is 5.97. The third kappa shape index (κ3) is 4.03. The molecule has 6 nitrogen and oxygen atoms in total. The molecule has 4 aromatic carbocycles. The molecule has 3 aliphatic heterocycles.